The van der Waals surface area contributed by atoms with E-state index in [1.54, 1.807) is 0 Å². The highest BCUT2D eigenvalue weighted by Gasteiger charge is 2.33. The monoisotopic (exact) mass is 402 g/mol. The second-order valence-corrected chi connectivity index (χ2v) is 8.04. The predicted molar refractivity (Wildman–Crippen MR) is 103 cm³/mol. The molecule has 2 heterocycles. The Morgan fingerprint density at radius 2 is 2.07 bits per heavy atom. The van der Waals surface area contributed by atoms with Crippen molar-refractivity contribution in [3.05, 3.63) is 45.6 Å². The molecule has 1 aromatic carbocycles. The fourth-order valence-corrected chi connectivity index (χ4v) is 5.12. The number of carbonyl (C=O) groups excluding carboxylic acids is 3. The molecule has 1 unspecified atom stereocenters. The Morgan fingerprint density at radius 3 is 2.86 bits per heavy atom. The molecule has 1 aromatic heterocycles. The summed E-state index contributed by atoms with van der Waals surface area (Å²) in [5.74, 6) is -2.46. The number of methoxy groups -OCH3 is 1. The van der Waals surface area contributed by atoms with Gasteiger partial charge >= 0.3 is 5.97 Å². The molecule has 2 aromatic rings. The maximum Gasteiger partial charge on any atom is 0.341 e. The number of hydrogen-bond acceptors (Lipinski definition) is 5. The zero-order valence-electron chi connectivity index (χ0n) is 15.3. The highest BCUT2D eigenvalue weighted by Crippen LogP contribution is 2.40. The first kappa shape index (κ1) is 18.6. The summed E-state index contributed by atoms with van der Waals surface area (Å²) in [4.78, 5) is 38.4. The lowest BCUT2D eigenvalue weighted by Crippen LogP contribution is -2.31. The first-order chi connectivity index (χ1) is 13.5. The van der Waals surface area contributed by atoms with Crippen LogP contribution >= 0.6 is 11.3 Å². The lowest BCUT2D eigenvalue weighted by molar-refractivity contribution is -0.123. The van der Waals surface area contributed by atoms with Crippen molar-refractivity contribution in [2.75, 3.05) is 17.7 Å². The van der Waals surface area contributed by atoms with Crippen molar-refractivity contribution in [1.82, 2.24) is 0 Å². The minimum absolute atomic E-state index is 0.0386. The van der Waals surface area contributed by atoms with Crippen LogP contribution < -0.4 is 10.6 Å². The van der Waals surface area contributed by atoms with Crippen LogP contribution in [0, 0.1) is 5.82 Å². The molecule has 0 bridgehead atoms. The fourth-order valence-electron chi connectivity index (χ4n) is 3.84. The van der Waals surface area contributed by atoms with Crippen LogP contribution in [0.5, 0.6) is 0 Å². The number of fused-ring (bicyclic) bond motifs is 2. The largest absolute Gasteiger partial charge is 0.465 e. The highest BCUT2D eigenvalue weighted by molar-refractivity contribution is 7.17. The van der Waals surface area contributed by atoms with Crippen LogP contribution in [0.25, 0.3) is 0 Å². The van der Waals surface area contributed by atoms with Gasteiger partial charge in [-0.05, 0) is 48.9 Å². The molecule has 0 fully saturated rings. The van der Waals surface area contributed by atoms with Crippen molar-refractivity contribution in [3.63, 3.8) is 0 Å². The Kier molecular flexibility index (Phi) is 4.89. The summed E-state index contributed by atoms with van der Waals surface area (Å²) in [6.07, 6.45) is 3.64. The van der Waals surface area contributed by atoms with Gasteiger partial charge in [0.15, 0.2) is 0 Å². The number of halogens is 1. The van der Waals surface area contributed by atoms with Crippen molar-refractivity contribution in [2.45, 2.75) is 38.0 Å². The van der Waals surface area contributed by atoms with Crippen LogP contribution in [0.3, 0.4) is 0 Å². The van der Waals surface area contributed by atoms with Gasteiger partial charge in [0.2, 0.25) is 11.8 Å². The van der Waals surface area contributed by atoms with Crippen LogP contribution in [0.4, 0.5) is 15.1 Å². The molecule has 2 aliphatic rings. The summed E-state index contributed by atoms with van der Waals surface area (Å²) in [6.45, 7) is 0. The fraction of sp³-hybridized carbons (Fsp3) is 0.350. The molecule has 0 radical (unpaired) electrons. The van der Waals surface area contributed by atoms with Gasteiger partial charge in [-0.1, -0.05) is 6.07 Å². The van der Waals surface area contributed by atoms with Gasteiger partial charge in [-0.25, -0.2) is 9.18 Å². The van der Waals surface area contributed by atoms with Gasteiger partial charge in [0.1, 0.15) is 10.8 Å². The van der Waals surface area contributed by atoms with Crippen LogP contribution in [-0.4, -0.2) is 24.9 Å². The zero-order valence-corrected chi connectivity index (χ0v) is 16.1. The lowest BCUT2D eigenvalue weighted by atomic mass is 9.89. The number of amides is 2. The van der Waals surface area contributed by atoms with Gasteiger partial charge in [-0.2, -0.15) is 0 Å². The van der Waals surface area contributed by atoms with Crippen molar-refractivity contribution >= 4 is 39.8 Å². The molecular formula is C20H19FN2O4S. The van der Waals surface area contributed by atoms with Gasteiger partial charge in [-0.15, -0.1) is 11.3 Å². The van der Waals surface area contributed by atoms with E-state index in [0.717, 1.165) is 36.1 Å². The minimum atomic E-state index is -0.756. The molecule has 2 N–H and O–H groups in total. The van der Waals surface area contributed by atoms with E-state index in [1.807, 2.05) is 0 Å². The van der Waals surface area contributed by atoms with Crippen LogP contribution in [0.15, 0.2) is 18.2 Å². The topological polar surface area (TPSA) is 84.5 Å². The molecule has 8 heteroatoms. The third-order valence-electron chi connectivity index (χ3n) is 5.17. The van der Waals surface area contributed by atoms with E-state index in [-0.39, 0.29) is 12.3 Å². The summed E-state index contributed by atoms with van der Waals surface area (Å²) in [5, 5.41) is 5.89. The number of aryl methyl sites for hydroxylation is 1. The molecule has 6 nitrogen and oxygen atoms in total. The van der Waals surface area contributed by atoms with E-state index < -0.39 is 23.6 Å². The third kappa shape index (κ3) is 3.28. The molecule has 28 heavy (non-hydrogen) atoms. The van der Waals surface area contributed by atoms with Gasteiger partial charge in [0, 0.05) is 17.0 Å². The Bertz CT molecular complexity index is 985. The normalized spacial score (nSPS) is 17.9. The molecule has 0 saturated heterocycles. The van der Waals surface area contributed by atoms with Crippen molar-refractivity contribution in [3.8, 4) is 0 Å². The van der Waals surface area contributed by atoms with Crippen molar-refractivity contribution in [2.24, 2.45) is 0 Å². The number of ether oxygens (including phenoxy) is 1. The average molecular weight is 402 g/mol. The number of esters is 1. The van der Waals surface area contributed by atoms with Gasteiger partial charge in [0.25, 0.3) is 0 Å². The summed E-state index contributed by atoms with van der Waals surface area (Å²) in [7, 11) is 1.32. The molecular weight excluding hydrogens is 383 g/mol. The molecule has 1 aliphatic heterocycles. The van der Waals surface area contributed by atoms with Gasteiger partial charge in [-0.3, -0.25) is 9.59 Å². The summed E-state index contributed by atoms with van der Waals surface area (Å²) < 4.78 is 18.4. The highest BCUT2D eigenvalue weighted by atomic mass is 32.1. The first-order valence-corrected chi connectivity index (χ1v) is 9.92. The first-order valence-electron chi connectivity index (χ1n) is 9.11. The molecule has 1 aliphatic carbocycles. The summed E-state index contributed by atoms with van der Waals surface area (Å²) in [6, 6.07) is 3.98. The van der Waals surface area contributed by atoms with Crippen LogP contribution in [0.2, 0.25) is 0 Å². The summed E-state index contributed by atoms with van der Waals surface area (Å²) >= 11 is 1.39. The second-order valence-electron chi connectivity index (χ2n) is 6.93. The number of nitrogens with one attached hydrogen (secondary N) is 2. The maximum atomic E-state index is 13.5. The summed E-state index contributed by atoms with van der Waals surface area (Å²) in [5.41, 5.74) is 2.21. The number of carbonyl (C=O) groups is 3. The molecule has 0 saturated carbocycles. The van der Waals surface area contributed by atoms with Crippen molar-refractivity contribution in [1.29, 1.82) is 0 Å². The number of rotatable bonds is 3. The molecule has 146 valence electrons. The van der Waals surface area contributed by atoms with Crippen molar-refractivity contribution < 1.29 is 23.5 Å². The number of thiophene rings is 1. The van der Waals surface area contributed by atoms with E-state index in [1.165, 1.54) is 36.6 Å². The van der Waals surface area contributed by atoms with E-state index in [9.17, 15) is 18.8 Å². The molecule has 1 atom stereocenters. The second kappa shape index (κ2) is 7.35. The standard InChI is InChI=1S/C20H19FN2O4S/c1-27-20(26)17-12-4-2-3-5-15(12)28-19(17)23-18(25)13-9-16(24)22-14-8-10(21)6-7-11(13)14/h6-8,13H,2-5,9H2,1H3,(H,22,24)(H,23,25). The molecule has 4 rings (SSSR count). The predicted octanol–water partition coefficient (Wildman–Crippen LogP) is 3.62. The van der Waals surface area contributed by atoms with Gasteiger partial charge in [0.05, 0.1) is 18.6 Å². The zero-order chi connectivity index (χ0) is 19.8. The maximum absolute atomic E-state index is 13.5. The number of hydrogen-bond donors (Lipinski definition) is 2. The Labute approximate surface area is 165 Å². The third-order valence-corrected chi connectivity index (χ3v) is 6.38. The Morgan fingerprint density at radius 1 is 1.29 bits per heavy atom. The van der Waals surface area contributed by atoms with E-state index >= 15 is 0 Å². The van der Waals surface area contributed by atoms with Crippen LogP contribution in [-0.2, 0) is 27.2 Å². The SMILES string of the molecule is COC(=O)c1c(NC(=O)C2CC(=O)Nc3cc(F)ccc32)sc2c1CCCC2. The van der Waals surface area contributed by atoms with E-state index in [4.69, 9.17) is 4.74 Å². The lowest BCUT2D eigenvalue weighted by Gasteiger charge is -2.24. The molecule has 2 amide bonds. The van der Waals surface area contributed by atoms with Crippen LogP contribution in [0.1, 0.15) is 51.5 Å². The Hall–Kier alpha value is -2.74. The quantitative estimate of drug-likeness (QED) is 0.768. The minimum Gasteiger partial charge on any atom is -0.465 e. The average Bonchev–Trinajstić information content (AvgIpc) is 3.04. The number of anilines is 2. The van der Waals surface area contributed by atoms with E-state index in [0.29, 0.717) is 21.8 Å². The smallest absolute Gasteiger partial charge is 0.341 e. The van der Waals surface area contributed by atoms with E-state index in [2.05, 4.69) is 10.6 Å². The van der Waals surface area contributed by atoms with Gasteiger partial charge < -0.3 is 15.4 Å². The Balaban J connectivity index is 1.67. The number of benzene rings is 1. The molecule has 0 spiro atoms.